The van der Waals surface area contributed by atoms with Crippen molar-refractivity contribution in [3.05, 3.63) is 82.7 Å². The summed E-state index contributed by atoms with van der Waals surface area (Å²) >= 11 is 0. The number of fused-ring (bicyclic) bond motifs is 2. The van der Waals surface area contributed by atoms with Gasteiger partial charge in [-0.15, -0.1) is 0 Å². The van der Waals surface area contributed by atoms with Crippen LogP contribution >= 0.6 is 0 Å². The number of hydrogen-bond acceptors (Lipinski definition) is 5. The lowest BCUT2D eigenvalue weighted by Gasteiger charge is -2.28. The standard InChI is InChI=1S/C32H33FO6/c1-32(39-24-6-7-25-22(17-30(34)35)19-37-29(25)18-24)13-10-26-28(9-8-27(33)31(26)32)38-23-4-2-20(3-5-23)16-21-11-14-36-15-12-21/h2-9,18,21-22H,10-17,19H2,1H3,(H,34,35)/t22-,32+/m1/s1. The Hall–Kier alpha value is -3.58. The van der Waals surface area contributed by atoms with Crippen LogP contribution in [0.5, 0.6) is 23.0 Å². The van der Waals surface area contributed by atoms with E-state index < -0.39 is 11.6 Å². The number of halogens is 1. The predicted molar refractivity (Wildman–Crippen MR) is 143 cm³/mol. The summed E-state index contributed by atoms with van der Waals surface area (Å²) in [7, 11) is 0. The van der Waals surface area contributed by atoms with Crippen molar-refractivity contribution < 1.29 is 33.2 Å². The Kier molecular flexibility index (Phi) is 6.94. The Balaban J connectivity index is 1.18. The number of ether oxygens (including phenoxy) is 4. The van der Waals surface area contributed by atoms with Crippen molar-refractivity contribution >= 4 is 5.97 Å². The summed E-state index contributed by atoms with van der Waals surface area (Å²) in [6, 6.07) is 16.8. The van der Waals surface area contributed by atoms with Gasteiger partial charge < -0.3 is 24.1 Å². The quantitative estimate of drug-likeness (QED) is 0.345. The van der Waals surface area contributed by atoms with Crippen LogP contribution in [-0.2, 0) is 28.0 Å². The molecule has 7 heteroatoms. The zero-order valence-electron chi connectivity index (χ0n) is 22.1. The van der Waals surface area contributed by atoms with Crippen molar-refractivity contribution in [1.29, 1.82) is 0 Å². The first-order valence-corrected chi connectivity index (χ1v) is 13.7. The van der Waals surface area contributed by atoms with Crippen molar-refractivity contribution in [2.45, 2.75) is 57.0 Å². The molecule has 2 atom stereocenters. The summed E-state index contributed by atoms with van der Waals surface area (Å²) in [4.78, 5) is 11.2. The highest BCUT2D eigenvalue weighted by Crippen LogP contribution is 2.47. The Labute approximate surface area is 227 Å². The van der Waals surface area contributed by atoms with Crippen LogP contribution in [0.15, 0.2) is 54.6 Å². The Morgan fingerprint density at radius 1 is 1.08 bits per heavy atom. The highest BCUT2D eigenvalue weighted by Gasteiger charge is 2.41. The van der Waals surface area contributed by atoms with Crippen molar-refractivity contribution in [2.75, 3.05) is 19.8 Å². The van der Waals surface area contributed by atoms with E-state index in [1.807, 2.05) is 31.2 Å². The van der Waals surface area contributed by atoms with Crippen molar-refractivity contribution in [3.63, 3.8) is 0 Å². The third-order valence-electron chi connectivity index (χ3n) is 8.25. The highest BCUT2D eigenvalue weighted by molar-refractivity contribution is 5.69. The maximum absolute atomic E-state index is 15.3. The Morgan fingerprint density at radius 3 is 2.62 bits per heavy atom. The maximum atomic E-state index is 15.3. The van der Waals surface area contributed by atoms with Gasteiger partial charge in [-0.05, 0) is 80.8 Å². The van der Waals surface area contributed by atoms with Crippen LogP contribution in [0.4, 0.5) is 4.39 Å². The van der Waals surface area contributed by atoms with E-state index in [9.17, 15) is 4.79 Å². The first-order chi connectivity index (χ1) is 18.9. The average molecular weight is 533 g/mol. The first kappa shape index (κ1) is 25.7. The summed E-state index contributed by atoms with van der Waals surface area (Å²) < 4.78 is 39.1. The van der Waals surface area contributed by atoms with Gasteiger partial charge in [0, 0.05) is 41.9 Å². The van der Waals surface area contributed by atoms with Crippen LogP contribution in [0.3, 0.4) is 0 Å². The van der Waals surface area contributed by atoms with Gasteiger partial charge in [-0.2, -0.15) is 0 Å². The minimum absolute atomic E-state index is 0.0188. The third-order valence-corrected chi connectivity index (χ3v) is 8.25. The lowest BCUT2D eigenvalue weighted by molar-refractivity contribution is -0.137. The van der Waals surface area contributed by atoms with Crippen molar-refractivity contribution in [1.82, 2.24) is 0 Å². The van der Waals surface area contributed by atoms with Gasteiger partial charge in [0.1, 0.15) is 34.4 Å². The molecule has 6 rings (SSSR count). The van der Waals surface area contributed by atoms with Crippen molar-refractivity contribution in [3.8, 4) is 23.0 Å². The molecular weight excluding hydrogens is 499 g/mol. The molecule has 0 bridgehead atoms. The van der Waals surface area contributed by atoms with Crippen LogP contribution < -0.4 is 14.2 Å². The molecule has 0 unspecified atom stereocenters. The Bertz CT molecular complexity index is 1360. The minimum Gasteiger partial charge on any atom is -0.492 e. The summed E-state index contributed by atoms with van der Waals surface area (Å²) in [6.45, 7) is 3.92. The van der Waals surface area contributed by atoms with E-state index in [1.54, 1.807) is 12.1 Å². The summed E-state index contributed by atoms with van der Waals surface area (Å²) in [5.41, 5.74) is 2.61. The van der Waals surface area contributed by atoms with E-state index in [1.165, 1.54) is 11.6 Å². The molecule has 3 aliphatic rings. The lowest BCUT2D eigenvalue weighted by atomic mass is 9.92. The number of hydrogen-bond donors (Lipinski definition) is 1. The number of rotatable bonds is 8. The van der Waals surface area contributed by atoms with Gasteiger partial charge in [-0.25, -0.2) is 4.39 Å². The topological polar surface area (TPSA) is 74.2 Å². The second-order valence-corrected chi connectivity index (χ2v) is 11.0. The molecule has 3 aromatic rings. The summed E-state index contributed by atoms with van der Waals surface area (Å²) in [6.07, 6.45) is 4.49. The van der Waals surface area contributed by atoms with Gasteiger partial charge in [0.15, 0.2) is 0 Å². The van der Waals surface area contributed by atoms with Crippen LogP contribution in [0.1, 0.15) is 60.8 Å². The molecule has 3 aromatic carbocycles. The minimum atomic E-state index is -0.875. The monoisotopic (exact) mass is 532 g/mol. The molecule has 1 aliphatic carbocycles. The fourth-order valence-corrected chi connectivity index (χ4v) is 6.17. The molecule has 0 amide bonds. The van der Waals surface area contributed by atoms with E-state index >= 15 is 4.39 Å². The molecule has 204 valence electrons. The normalized spacial score (nSPS) is 22.2. The summed E-state index contributed by atoms with van der Waals surface area (Å²) in [5, 5.41) is 9.16. The summed E-state index contributed by atoms with van der Waals surface area (Å²) in [5.74, 6) is 1.86. The molecule has 2 heterocycles. The van der Waals surface area contributed by atoms with E-state index in [2.05, 4.69) is 12.1 Å². The SMILES string of the molecule is C[C@]1(Oc2ccc3c(c2)OC[C@H]3CC(=O)O)CCc2c(Oc3ccc(CC4CCOCC4)cc3)ccc(F)c21. The maximum Gasteiger partial charge on any atom is 0.304 e. The fourth-order valence-electron chi connectivity index (χ4n) is 6.17. The second kappa shape index (κ2) is 10.5. The second-order valence-electron chi connectivity index (χ2n) is 11.0. The largest absolute Gasteiger partial charge is 0.492 e. The first-order valence-electron chi connectivity index (χ1n) is 13.7. The van der Waals surface area contributed by atoms with E-state index in [4.69, 9.17) is 24.1 Å². The molecule has 2 aliphatic heterocycles. The zero-order chi connectivity index (χ0) is 27.0. The van der Waals surface area contributed by atoms with Gasteiger partial charge in [0.2, 0.25) is 0 Å². The number of carboxylic acids is 1. The number of carbonyl (C=O) groups is 1. The molecular formula is C32H33FO6. The van der Waals surface area contributed by atoms with Crippen LogP contribution in [0.2, 0.25) is 0 Å². The van der Waals surface area contributed by atoms with Crippen LogP contribution in [0, 0.1) is 11.7 Å². The molecule has 0 aromatic heterocycles. The van der Waals surface area contributed by atoms with Gasteiger partial charge in [0.05, 0.1) is 13.0 Å². The van der Waals surface area contributed by atoms with E-state index in [0.29, 0.717) is 48.2 Å². The number of benzene rings is 3. The van der Waals surface area contributed by atoms with Crippen molar-refractivity contribution in [2.24, 2.45) is 5.92 Å². The lowest BCUT2D eigenvalue weighted by Crippen LogP contribution is -2.27. The van der Waals surface area contributed by atoms with Gasteiger partial charge >= 0.3 is 5.97 Å². The van der Waals surface area contributed by atoms with Crippen LogP contribution in [-0.4, -0.2) is 30.9 Å². The smallest absolute Gasteiger partial charge is 0.304 e. The molecule has 1 N–H and O–H groups in total. The zero-order valence-corrected chi connectivity index (χ0v) is 22.1. The molecule has 1 fully saturated rings. The Morgan fingerprint density at radius 2 is 1.85 bits per heavy atom. The average Bonchev–Trinajstić information content (AvgIpc) is 3.48. The molecule has 1 saturated heterocycles. The van der Waals surface area contributed by atoms with Gasteiger partial charge in [-0.3, -0.25) is 4.79 Å². The molecule has 0 spiro atoms. The fraction of sp³-hybridized carbons (Fsp3) is 0.406. The third kappa shape index (κ3) is 5.33. The number of carboxylic acid groups (broad SMARTS) is 1. The van der Waals surface area contributed by atoms with E-state index in [-0.39, 0.29) is 18.2 Å². The molecule has 0 radical (unpaired) electrons. The van der Waals surface area contributed by atoms with E-state index in [0.717, 1.165) is 49.4 Å². The van der Waals surface area contributed by atoms with Gasteiger partial charge in [0.25, 0.3) is 0 Å². The number of aliphatic carboxylic acids is 1. The van der Waals surface area contributed by atoms with Gasteiger partial charge in [-0.1, -0.05) is 18.2 Å². The highest BCUT2D eigenvalue weighted by atomic mass is 19.1. The predicted octanol–water partition coefficient (Wildman–Crippen LogP) is 6.78. The molecule has 39 heavy (non-hydrogen) atoms. The molecule has 0 saturated carbocycles. The van der Waals surface area contributed by atoms with Crippen LogP contribution in [0.25, 0.3) is 0 Å². The molecule has 6 nitrogen and oxygen atoms in total.